The molecule has 1 aliphatic rings. The normalized spacial score (nSPS) is 17.2. The van der Waals surface area contributed by atoms with Crippen LogP contribution in [0.1, 0.15) is 30.7 Å². The van der Waals surface area contributed by atoms with Gasteiger partial charge in [-0.3, -0.25) is 0 Å². The summed E-state index contributed by atoms with van der Waals surface area (Å²) in [6, 6.07) is 0. The summed E-state index contributed by atoms with van der Waals surface area (Å²) in [6.07, 6.45) is 7.59. The van der Waals surface area contributed by atoms with Gasteiger partial charge in [0.15, 0.2) is 0 Å². The summed E-state index contributed by atoms with van der Waals surface area (Å²) in [5, 5.41) is 6.67. The predicted molar refractivity (Wildman–Crippen MR) is 55.8 cm³/mol. The van der Waals surface area contributed by atoms with Gasteiger partial charge in [-0.1, -0.05) is 19.3 Å². The van der Waals surface area contributed by atoms with Gasteiger partial charge in [0.2, 0.25) is 0 Å². The van der Waals surface area contributed by atoms with Crippen LogP contribution in [0.5, 0.6) is 0 Å². The van der Waals surface area contributed by atoms with E-state index in [1.54, 1.807) is 11.3 Å². The summed E-state index contributed by atoms with van der Waals surface area (Å²) in [5.74, 6) is 1.02. The van der Waals surface area contributed by atoms with Crippen LogP contribution in [0.4, 0.5) is 0 Å². The molecule has 1 fully saturated rings. The lowest BCUT2D eigenvalue weighted by Gasteiger charge is -2.25. The van der Waals surface area contributed by atoms with E-state index < -0.39 is 0 Å². The molecule has 1 aliphatic carbocycles. The number of rotatable bonds is 5. The summed E-state index contributed by atoms with van der Waals surface area (Å²) >= 11 is 1.73. The van der Waals surface area contributed by atoms with Gasteiger partial charge in [0, 0.05) is 18.1 Å². The average Bonchev–Trinajstić information content (AvgIpc) is 2.53. The molecule has 0 radical (unpaired) electrons. The highest BCUT2D eigenvalue weighted by Crippen LogP contribution is 2.28. The second-order valence-electron chi connectivity index (χ2n) is 3.69. The molecule has 2 rings (SSSR count). The molecule has 2 nitrogen and oxygen atoms in total. The number of hydrogen-bond donors (Lipinski definition) is 1. The zero-order chi connectivity index (χ0) is 8.93. The molecule has 0 atom stereocenters. The predicted octanol–water partition coefficient (Wildman–Crippen LogP) is 2.42. The van der Waals surface area contributed by atoms with E-state index in [2.05, 4.69) is 10.3 Å². The molecule has 0 aliphatic heterocycles. The third-order valence-corrected chi connectivity index (χ3v) is 3.49. The van der Waals surface area contributed by atoms with Gasteiger partial charge in [-0.2, -0.15) is 0 Å². The van der Waals surface area contributed by atoms with Gasteiger partial charge in [0.25, 0.3) is 0 Å². The molecule has 0 unspecified atom stereocenters. The first-order chi connectivity index (χ1) is 6.45. The van der Waals surface area contributed by atoms with Crippen molar-refractivity contribution < 1.29 is 0 Å². The Labute approximate surface area is 83.4 Å². The van der Waals surface area contributed by atoms with Gasteiger partial charge in [0.1, 0.15) is 5.01 Å². The molecule has 0 bridgehead atoms. The summed E-state index contributed by atoms with van der Waals surface area (Å²) < 4.78 is 0. The molecule has 13 heavy (non-hydrogen) atoms. The molecule has 0 amide bonds. The van der Waals surface area contributed by atoms with Crippen LogP contribution in [-0.2, 0) is 6.54 Å². The summed E-state index contributed by atoms with van der Waals surface area (Å²) in [7, 11) is 0. The molecule has 1 heterocycles. The molecule has 0 spiro atoms. The van der Waals surface area contributed by atoms with Crippen LogP contribution in [0.3, 0.4) is 0 Å². The van der Waals surface area contributed by atoms with Crippen molar-refractivity contribution in [3.63, 3.8) is 0 Å². The third-order valence-electron chi connectivity index (χ3n) is 2.71. The lowest BCUT2D eigenvalue weighted by molar-refractivity contribution is 0.292. The lowest BCUT2D eigenvalue weighted by Crippen LogP contribution is -2.20. The average molecular weight is 196 g/mol. The van der Waals surface area contributed by atoms with Crippen molar-refractivity contribution in [3.8, 4) is 0 Å². The first-order valence-corrected chi connectivity index (χ1v) is 5.92. The molecule has 3 heteroatoms. The third kappa shape index (κ3) is 2.78. The maximum atomic E-state index is 4.22. The van der Waals surface area contributed by atoms with Gasteiger partial charge in [-0.05, 0) is 18.9 Å². The van der Waals surface area contributed by atoms with Crippen LogP contribution in [0, 0.1) is 5.92 Å². The monoisotopic (exact) mass is 196 g/mol. The molecule has 0 aromatic carbocycles. The van der Waals surface area contributed by atoms with E-state index in [-0.39, 0.29) is 0 Å². The van der Waals surface area contributed by atoms with E-state index in [1.165, 1.54) is 30.7 Å². The number of aromatic nitrogens is 1. The Bertz CT molecular complexity index is 229. The quantitative estimate of drug-likeness (QED) is 0.732. The van der Waals surface area contributed by atoms with Crippen LogP contribution in [0.25, 0.3) is 0 Å². The van der Waals surface area contributed by atoms with Gasteiger partial charge in [0.05, 0.1) is 0 Å². The van der Waals surface area contributed by atoms with Gasteiger partial charge in [-0.25, -0.2) is 4.98 Å². The summed E-state index contributed by atoms with van der Waals surface area (Å²) in [6.45, 7) is 2.11. The van der Waals surface area contributed by atoms with Gasteiger partial charge in [-0.15, -0.1) is 11.3 Å². The maximum absolute atomic E-state index is 4.22. The fourth-order valence-electron chi connectivity index (χ4n) is 1.62. The maximum Gasteiger partial charge on any atom is 0.106 e. The minimum atomic E-state index is 0.949. The highest BCUT2D eigenvalue weighted by atomic mass is 32.1. The number of nitrogens with zero attached hydrogens (tertiary/aromatic N) is 1. The smallest absolute Gasteiger partial charge is 0.106 e. The molecule has 72 valence electrons. The molecule has 1 N–H and O–H groups in total. The van der Waals surface area contributed by atoms with Crippen molar-refractivity contribution in [2.45, 2.75) is 32.2 Å². The van der Waals surface area contributed by atoms with Crippen molar-refractivity contribution in [2.75, 3.05) is 6.54 Å². The zero-order valence-electron chi connectivity index (χ0n) is 7.83. The molecular formula is C10H16N2S. The van der Waals surface area contributed by atoms with Gasteiger partial charge >= 0.3 is 0 Å². The minimum Gasteiger partial charge on any atom is -0.310 e. The first-order valence-electron chi connectivity index (χ1n) is 5.04. The molecule has 0 saturated heterocycles. The van der Waals surface area contributed by atoms with Crippen molar-refractivity contribution in [1.29, 1.82) is 0 Å². The van der Waals surface area contributed by atoms with Gasteiger partial charge < -0.3 is 5.32 Å². The molecule has 1 aromatic rings. The van der Waals surface area contributed by atoms with Crippen molar-refractivity contribution in [2.24, 2.45) is 5.92 Å². The highest BCUT2D eigenvalue weighted by Gasteiger charge is 2.16. The Morgan fingerprint density at radius 2 is 2.46 bits per heavy atom. The molecular weight excluding hydrogens is 180 g/mol. The Hall–Kier alpha value is -0.410. The largest absolute Gasteiger partial charge is 0.310 e. The molecule has 1 aromatic heterocycles. The number of nitrogens with one attached hydrogen (secondary N) is 1. The van der Waals surface area contributed by atoms with E-state index >= 15 is 0 Å². The Balaban J connectivity index is 1.53. The van der Waals surface area contributed by atoms with E-state index in [4.69, 9.17) is 0 Å². The van der Waals surface area contributed by atoms with E-state index in [0.717, 1.165) is 19.0 Å². The Morgan fingerprint density at radius 3 is 3.08 bits per heavy atom. The Morgan fingerprint density at radius 1 is 1.54 bits per heavy atom. The first kappa shape index (κ1) is 9.16. The van der Waals surface area contributed by atoms with Crippen molar-refractivity contribution >= 4 is 11.3 Å². The number of thiazole rings is 1. The lowest BCUT2D eigenvalue weighted by atomic mass is 9.83. The van der Waals surface area contributed by atoms with E-state index in [1.807, 2.05) is 11.6 Å². The Kier molecular flexibility index (Phi) is 3.33. The van der Waals surface area contributed by atoms with Crippen molar-refractivity contribution in [1.82, 2.24) is 10.3 Å². The van der Waals surface area contributed by atoms with Crippen LogP contribution in [-0.4, -0.2) is 11.5 Å². The fourth-order valence-corrected chi connectivity index (χ4v) is 2.21. The van der Waals surface area contributed by atoms with Crippen LogP contribution in [0.2, 0.25) is 0 Å². The topological polar surface area (TPSA) is 24.9 Å². The standard InChI is InChI=1S/C10H16N2S/c1-2-9(3-1)4-5-11-8-10-12-6-7-13-10/h6-7,9,11H,1-5,8H2. The van der Waals surface area contributed by atoms with Crippen LogP contribution < -0.4 is 5.32 Å². The highest BCUT2D eigenvalue weighted by molar-refractivity contribution is 7.09. The summed E-state index contributed by atoms with van der Waals surface area (Å²) in [5.41, 5.74) is 0. The summed E-state index contributed by atoms with van der Waals surface area (Å²) in [4.78, 5) is 4.22. The molecule has 1 saturated carbocycles. The minimum absolute atomic E-state index is 0.949. The fraction of sp³-hybridized carbons (Fsp3) is 0.700. The second kappa shape index (κ2) is 4.72. The SMILES string of the molecule is c1csc(CNCCC2CCC2)n1. The number of hydrogen-bond acceptors (Lipinski definition) is 3. The zero-order valence-corrected chi connectivity index (χ0v) is 8.65. The van der Waals surface area contributed by atoms with Crippen LogP contribution in [0.15, 0.2) is 11.6 Å². The van der Waals surface area contributed by atoms with E-state index in [0.29, 0.717) is 0 Å². The van der Waals surface area contributed by atoms with Crippen LogP contribution >= 0.6 is 11.3 Å². The van der Waals surface area contributed by atoms with E-state index in [9.17, 15) is 0 Å². The van der Waals surface area contributed by atoms with Crippen molar-refractivity contribution in [3.05, 3.63) is 16.6 Å². The second-order valence-corrected chi connectivity index (χ2v) is 4.67.